The fraction of sp³-hybridized carbons (Fsp3) is 0.700. The third-order valence-electron chi connectivity index (χ3n) is 2.05. The molecule has 0 aromatic carbocycles. The first-order valence-electron chi connectivity index (χ1n) is 4.97. The second-order valence-electron chi connectivity index (χ2n) is 3.14. The van der Waals surface area contributed by atoms with E-state index in [9.17, 15) is 0 Å². The van der Waals surface area contributed by atoms with Gasteiger partial charge in [0.15, 0.2) is 0 Å². The minimum Gasteiger partial charge on any atom is -0.349 e. The predicted molar refractivity (Wildman–Crippen MR) is 58.0 cm³/mol. The summed E-state index contributed by atoms with van der Waals surface area (Å²) in [5.74, 6) is 1.82. The van der Waals surface area contributed by atoms with Gasteiger partial charge in [0.2, 0.25) is 0 Å². The van der Waals surface area contributed by atoms with E-state index in [2.05, 4.69) is 10.3 Å². The van der Waals surface area contributed by atoms with Crippen LogP contribution in [0.2, 0.25) is 0 Å². The summed E-state index contributed by atoms with van der Waals surface area (Å²) in [6, 6.07) is 0.161. The molecule has 2 aliphatic rings. The molecule has 1 aliphatic heterocycles. The molecule has 2 nitrogen and oxygen atoms in total. The van der Waals surface area contributed by atoms with Crippen molar-refractivity contribution < 1.29 is 0 Å². The number of nitrogens with one attached hydrogen (secondary N) is 1. The van der Waals surface area contributed by atoms with Gasteiger partial charge in [0.1, 0.15) is 5.84 Å². The van der Waals surface area contributed by atoms with Crippen LogP contribution in [-0.2, 0) is 0 Å². The molecule has 0 aromatic heterocycles. The molecule has 1 N–H and O–H groups in total. The molecule has 1 fully saturated rings. The molecular weight excluding hydrogens is 184 g/mol. The van der Waals surface area contributed by atoms with Crippen LogP contribution < -0.4 is 5.32 Å². The minimum absolute atomic E-state index is 0.161. The molecule has 74 valence electrons. The first-order valence-corrected chi connectivity index (χ1v) is 5.35. The molecule has 0 saturated heterocycles. The molecule has 0 radical (unpaired) electrons. The highest BCUT2D eigenvalue weighted by Gasteiger charge is 2.29. The van der Waals surface area contributed by atoms with Gasteiger partial charge in [-0.25, -0.2) is 0 Å². The Kier molecular flexibility index (Phi) is 3.79. The number of nitrogens with zero attached hydrogens (tertiary/aromatic N) is 1. The van der Waals surface area contributed by atoms with E-state index in [1.165, 1.54) is 12.8 Å². The maximum Gasteiger partial charge on any atom is 0.104 e. The molecule has 1 unspecified atom stereocenters. The van der Waals surface area contributed by atoms with Crippen LogP contribution in [0.15, 0.2) is 16.2 Å². The second kappa shape index (κ2) is 4.66. The molecule has 1 saturated carbocycles. The van der Waals surface area contributed by atoms with Crippen LogP contribution in [0.5, 0.6) is 0 Å². The molecule has 0 spiro atoms. The lowest BCUT2D eigenvalue weighted by molar-refractivity contribution is 0.842. The molecule has 1 atom stereocenters. The number of hydrogen-bond donors (Lipinski definition) is 1. The lowest BCUT2D eigenvalue weighted by atomic mass is 10.2. The standard InChI is InChI=1S/C8H11ClN2.C2H6/c1-5-7(9)4-10-8(11-5)6-2-3-6;1-2/h4-6H,2-3H2,1H3,(H,10,11);1-2H3. The van der Waals surface area contributed by atoms with Crippen molar-refractivity contribution in [1.82, 2.24) is 5.32 Å². The normalized spacial score (nSPS) is 26.3. The number of halogens is 1. The fourth-order valence-corrected chi connectivity index (χ4v) is 1.25. The lowest BCUT2D eigenvalue weighted by Gasteiger charge is -2.15. The van der Waals surface area contributed by atoms with Gasteiger partial charge in [0.25, 0.3) is 0 Å². The van der Waals surface area contributed by atoms with Gasteiger partial charge in [-0.3, -0.25) is 4.99 Å². The minimum atomic E-state index is 0.161. The molecule has 13 heavy (non-hydrogen) atoms. The number of amidine groups is 1. The van der Waals surface area contributed by atoms with E-state index in [1.54, 1.807) is 0 Å². The Morgan fingerprint density at radius 1 is 1.46 bits per heavy atom. The molecule has 0 bridgehead atoms. The predicted octanol–water partition coefficient (Wildman–Crippen LogP) is 2.89. The Balaban J connectivity index is 0.000000396. The zero-order valence-electron chi connectivity index (χ0n) is 8.47. The fourth-order valence-electron chi connectivity index (χ4n) is 1.15. The maximum absolute atomic E-state index is 5.85. The Hall–Kier alpha value is -0.500. The second-order valence-corrected chi connectivity index (χ2v) is 3.57. The average molecular weight is 201 g/mol. The Bertz CT molecular complexity index is 229. The molecule has 2 rings (SSSR count). The Labute approximate surface area is 85.1 Å². The van der Waals surface area contributed by atoms with Gasteiger partial charge < -0.3 is 5.32 Å². The summed E-state index contributed by atoms with van der Waals surface area (Å²) in [6.45, 7) is 6.02. The van der Waals surface area contributed by atoms with Crippen LogP contribution >= 0.6 is 11.6 Å². The van der Waals surface area contributed by atoms with Crippen molar-refractivity contribution >= 4 is 17.4 Å². The van der Waals surface area contributed by atoms with E-state index in [4.69, 9.17) is 11.6 Å². The van der Waals surface area contributed by atoms with E-state index >= 15 is 0 Å². The number of hydrogen-bond acceptors (Lipinski definition) is 2. The van der Waals surface area contributed by atoms with Crippen LogP contribution in [0.3, 0.4) is 0 Å². The molecular formula is C10H17ClN2. The summed E-state index contributed by atoms with van der Waals surface area (Å²) in [5.41, 5.74) is 0. The summed E-state index contributed by atoms with van der Waals surface area (Å²) in [4.78, 5) is 4.43. The van der Waals surface area contributed by atoms with Crippen molar-refractivity contribution in [3.05, 3.63) is 11.2 Å². The third kappa shape index (κ3) is 2.73. The van der Waals surface area contributed by atoms with E-state index in [0.717, 1.165) is 10.9 Å². The highest BCUT2D eigenvalue weighted by atomic mass is 35.5. The van der Waals surface area contributed by atoms with Gasteiger partial charge in [0, 0.05) is 12.1 Å². The van der Waals surface area contributed by atoms with Crippen molar-refractivity contribution in [3.8, 4) is 0 Å². The topological polar surface area (TPSA) is 24.4 Å². The van der Waals surface area contributed by atoms with Crippen molar-refractivity contribution in [1.29, 1.82) is 0 Å². The molecule has 0 aromatic rings. The zero-order valence-corrected chi connectivity index (χ0v) is 9.23. The maximum atomic E-state index is 5.85. The summed E-state index contributed by atoms with van der Waals surface area (Å²) in [7, 11) is 0. The Morgan fingerprint density at radius 3 is 2.54 bits per heavy atom. The van der Waals surface area contributed by atoms with Gasteiger partial charge in [0.05, 0.1) is 11.1 Å². The number of aliphatic imine (C=N–C) groups is 1. The van der Waals surface area contributed by atoms with Gasteiger partial charge in [-0.05, 0) is 19.8 Å². The summed E-state index contributed by atoms with van der Waals surface area (Å²) in [5, 5.41) is 3.92. The Morgan fingerprint density at radius 2 is 2.08 bits per heavy atom. The molecule has 1 heterocycles. The summed E-state index contributed by atoms with van der Waals surface area (Å²) >= 11 is 5.85. The lowest BCUT2D eigenvalue weighted by Crippen LogP contribution is -2.26. The third-order valence-corrected chi connectivity index (χ3v) is 2.48. The van der Waals surface area contributed by atoms with Crippen molar-refractivity contribution in [2.75, 3.05) is 0 Å². The SMILES string of the molecule is CC.CC1N=C(C2CC2)NC=C1Cl. The summed E-state index contributed by atoms with van der Waals surface area (Å²) in [6.07, 6.45) is 4.42. The highest BCUT2D eigenvalue weighted by molar-refractivity contribution is 6.30. The first kappa shape index (κ1) is 10.6. The molecule has 0 amide bonds. The van der Waals surface area contributed by atoms with Crippen LogP contribution in [-0.4, -0.2) is 11.9 Å². The zero-order chi connectivity index (χ0) is 9.84. The highest BCUT2D eigenvalue weighted by Crippen LogP contribution is 2.31. The summed E-state index contributed by atoms with van der Waals surface area (Å²) < 4.78 is 0. The van der Waals surface area contributed by atoms with Crippen LogP contribution in [0.1, 0.15) is 33.6 Å². The van der Waals surface area contributed by atoms with E-state index in [1.807, 2.05) is 27.0 Å². The van der Waals surface area contributed by atoms with Gasteiger partial charge in [-0.15, -0.1) is 0 Å². The van der Waals surface area contributed by atoms with Crippen LogP contribution in [0.4, 0.5) is 0 Å². The first-order chi connectivity index (χ1) is 6.27. The quantitative estimate of drug-likeness (QED) is 0.692. The van der Waals surface area contributed by atoms with E-state index in [-0.39, 0.29) is 6.04 Å². The average Bonchev–Trinajstić information content (AvgIpc) is 2.96. The van der Waals surface area contributed by atoms with E-state index < -0.39 is 0 Å². The van der Waals surface area contributed by atoms with Crippen LogP contribution in [0, 0.1) is 5.92 Å². The van der Waals surface area contributed by atoms with Crippen molar-refractivity contribution in [2.45, 2.75) is 39.7 Å². The van der Waals surface area contributed by atoms with Gasteiger partial charge >= 0.3 is 0 Å². The van der Waals surface area contributed by atoms with E-state index in [0.29, 0.717) is 5.92 Å². The van der Waals surface area contributed by atoms with Crippen molar-refractivity contribution in [3.63, 3.8) is 0 Å². The van der Waals surface area contributed by atoms with Gasteiger partial charge in [-0.1, -0.05) is 25.4 Å². The smallest absolute Gasteiger partial charge is 0.104 e. The molecule has 1 aliphatic carbocycles. The van der Waals surface area contributed by atoms with Gasteiger partial charge in [-0.2, -0.15) is 0 Å². The van der Waals surface area contributed by atoms with Crippen LogP contribution in [0.25, 0.3) is 0 Å². The molecule has 3 heteroatoms. The van der Waals surface area contributed by atoms with Crippen molar-refractivity contribution in [2.24, 2.45) is 10.9 Å². The largest absolute Gasteiger partial charge is 0.349 e. The monoisotopic (exact) mass is 200 g/mol. The number of rotatable bonds is 1.